The number of ketones is 1. The van der Waals surface area contributed by atoms with Crippen LogP contribution in [0.4, 0.5) is 0 Å². The molecule has 1 aliphatic rings. The van der Waals surface area contributed by atoms with Crippen molar-refractivity contribution < 1.29 is 4.79 Å². The Morgan fingerprint density at radius 2 is 1.83 bits per heavy atom. The summed E-state index contributed by atoms with van der Waals surface area (Å²) in [5.74, 6) is 0.0480. The van der Waals surface area contributed by atoms with E-state index in [9.17, 15) is 4.79 Å². The first kappa shape index (κ1) is 14.3. The van der Waals surface area contributed by atoms with Crippen LogP contribution in [0.5, 0.6) is 0 Å². The van der Waals surface area contributed by atoms with Crippen LogP contribution in [0.3, 0.4) is 0 Å². The number of imidazole rings is 1. The zero-order valence-electron chi connectivity index (χ0n) is 12.7. The lowest BCUT2D eigenvalue weighted by atomic mass is 9.85. The highest BCUT2D eigenvalue weighted by molar-refractivity contribution is 9.10. The van der Waals surface area contributed by atoms with Crippen LogP contribution in [-0.2, 0) is 0 Å². The largest absolute Gasteiger partial charge is 0.297 e. The molecule has 2 aromatic heterocycles. The summed E-state index contributed by atoms with van der Waals surface area (Å²) in [4.78, 5) is 21.9. The van der Waals surface area contributed by atoms with E-state index in [0.717, 1.165) is 27.1 Å². The SMILES string of the molecule is CC1(C)N=C(c2cnc3c(Br)cccn23)c2ccccc2C1=O. The average Bonchev–Trinajstić information content (AvgIpc) is 2.96. The van der Waals surface area contributed by atoms with Crippen LogP contribution >= 0.6 is 15.9 Å². The van der Waals surface area contributed by atoms with Gasteiger partial charge in [0.25, 0.3) is 0 Å². The third-order valence-corrected chi connectivity index (χ3v) is 4.72. The van der Waals surface area contributed by atoms with E-state index in [1.54, 1.807) is 0 Å². The van der Waals surface area contributed by atoms with Crippen molar-refractivity contribution in [2.45, 2.75) is 19.4 Å². The third-order valence-electron chi connectivity index (χ3n) is 4.10. The Labute approximate surface area is 142 Å². The van der Waals surface area contributed by atoms with E-state index in [-0.39, 0.29) is 5.78 Å². The molecule has 0 fully saturated rings. The topological polar surface area (TPSA) is 46.7 Å². The van der Waals surface area contributed by atoms with Crippen molar-refractivity contribution in [3.8, 4) is 0 Å². The van der Waals surface area contributed by atoms with Crippen LogP contribution in [0, 0.1) is 0 Å². The van der Waals surface area contributed by atoms with Crippen LogP contribution < -0.4 is 0 Å². The molecule has 114 valence electrons. The lowest BCUT2D eigenvalue weighted by Gasteiger charge is -2.27. The molecule has 3 heterocycles. The first-order valence-electron chi connectivity index (χ1n) is 7.35. The molecule has 1 aliphatic heterocycles. The van der Waals surface area contributed by atoms with Crippen molar-refractivity contribution in [3.05, 3.63) is 70.1 Å². The fourth-order valence-electron chi connectivity index (χ4n) is 2.95. The van der Waals surface area contributed by atoms with Gasteiger partial charge in [0.1, 0.15) is 5.54 Å². The van der Waals surface area contributed by atoms with Crippen LogP contribution in [0.2, 0.25) is 0 Å². The summed E-state index contributed by atoms with van der Waals surface area (Å²) in [5, 5.41) is 0. The lowest BCUT2D eigenvalue weighted by molar-refractivity contribution is 0.0912. The summed E-state index contributed by atoms with van der Waals surface area (Å²) < 4.78 is 2.91. The number of carbonyl (C=O) groups excluding carboxylic acids is 1. The number of halogens is 1. The second-order valence-electron chi connectivity index (χ2n) is 6.09. The van der Waals surface area contributed by atoms with Gasteiger partial charge in [0.2, 0.25) is 0 Å². The maximum atomic E-state index is 12.6. The first-order valence-corrected chi connectivity index (χ1v) is 8.14. The molecule has 4 nitrogen and oxygen atoms in total. The fraction of sp³-hybridized carbons (Fsp3) is 0.167. The molecule has 5 heteroatoms. The fourth-order valence-corrected chi connectivity index (χ4v) is 3.40. The molecule has 0 bridgehead atoms. The molecular formula is C18H14BrN3O. The van der Waals surface area contributed by atoms with Crippen molar-refractivity contribution in [1.82, 2.24) is 9.38 Å². The van der Waals surface area contributed by atoms with Gasteiger partial charge in [-0.2, -0.15) is 0 Å². The number of nitrogens with zero attached hydrogens (tertiary/aromatic N) is 3. The third kappa shape index (κ3) is 2.07. The Morgan fingerprint density at radius 1 is 1.09 bits per heavy atom. The summed E-state index contributed by atoms with van der Waals surface area (Å²) in [5.41, 5.74) is 3.31. The lowest BCUT2D eigenvalue weighted by Crippen LogP contribution is -2.36. The highest BCUT2D eigenvalue weighted by atomic mass is 79.9. The molecule has 0 aliphatic carbocycles. The van der Waals surface area contributed by atoms with Gasteiger partial charge in [-0.25, -0.2) is 4.98 Å². The van der Waals surface area contributed by atoms with Gasteiger partial charge in [0.05, 0.1) is 22.1 Å². The average molecular weight is 368 g/mol. The van der Waals surface area contributed by atoms with E-state index in [1.807, 2.05) is 67.0 Å². The number of fused-ring (bicyclic) bond motifs is 2. The van der Waals surface area contributed by atoms with E-state index in [0.29, 0.717) is 5.56 Å². The molecule has 0 amide bonds. The quantitative estimate of drug-likeness (QED) is 0.654. The van der Waals surface area contributed by atoms with Gasteiger partial charge in [0, 0.05) is 17.3 Å². The van der Waals surface area contributed by atoms with Crippen molar-refractivity contribution >= 4 is 33.1 Å². The van der Waals surface area contributed by atoms with E-state index in [2.05, 4.69) is 20.9 Å². The molecule has 0 atom stereocenters. The minimum Gasteiger partial charge on any atom is -0.297 e. The van der Waals surface area contributed by atoms with Crippen molar-refractivity contribution in [3.63, 3.8) is 0 Å². The Morgan fingerprint density at radius 3 is 2.61 bits per heavy atom. The Kier molecular flexibility index (Phi) is 3.03. The predicted molar refractivity (Wildman–Crippen MR) is 93.4 cm³/mol. The number of benzene rings is 1. The molecule has 0 N–H and O–H groups in total. The summed E-state index contributed by atoms with van der Waals surface area (Å²) in [6, 6.07) is 11.5. The molecule has 4 rings (SSSR count). The van der Waals surface area contributed by atoms with Crippen LogP contribution in [0.25, 0.3) is 5.65 Å². The number of carbonyl (C=O) groups is 1. The zero-order valence-corrected chi connectivity index (χ0v) is 14.3. The van der Waals surface area contributed by atoms with Crippen LogP contribution in [0.15, 0.2) is 58.3 Å². The molecule has 23 heavy (non-hydrogen) atoms. The summed E-state index contributed by atoms with van der Waals surface area (Å²) in [6.07, 6.45) is 3.76. The van der Waals surface area contributed by atoms with Gasteiger partial charge in [-0.05, 0) is 41.9 Å². The van der Waals surface area contributed by atoms with Crippen molar-refractivity contribution in [1.29, 1.82) is 0 Å². The second-order valence-corrected chi connectivity index (χ2v) is 6.94. The van der Waals surface area contributed by atoms with E-state index < -0.39 is 5.54 Å². The molecule has 0 saturated carbocycles. The number of hydrogen-bond acceptors (Lipinski definition) is 3. The maximum absolute atomic E-state index is 12.6. The maximum Gasteiger partial charge on any atom is 0.190 e. The Bertz CT molecular complexity index is 985. The van der Waals surface area contributed by atoms with Crippen molar-refractivity contribution in [2.24, 2.45) is 4.99 Å². The molecule has 1 aromatic carbocycles. The zero-order chi connectivity index (χ0) is 16.2. The minimum absolute atomic E-state index is 0.0480. The predicted octanol–water partition coefficient (Wildman–Crippen LogP) is 3.91. The van der Waals surface area contributed by atoms with Gasteiger partial charge in [-0.1, -0.05) is 24.3 Å². The summed E-state index contributed by atoms with van der Waals surface area (Å²) in [6.45, 7) is 3.70. The normalized spacial score (nSPS) is 16.3. The molecule has 0 saturated heterocycles. The summed E-state index contributed by atoms with van der Waals surface area (Å²) in [7, 11) is 0. The first-order chi connectivity index (χ1) is 11.0. The number of aromatic nitrogens is 2. The smallest absolute Gasteiger partial charge is 0.190 e. The molecule has 0 radical (unpaired) electrons. The monoisotopic (exact) mass is 367 g/mol. The molecule has 0 unspecified atom stereocenters. The second kappa shape index (κ2) is 4.86. The molecule has 3 aromatic rings. The van der Waals surface area contributed by atoms with Gasteiger partial charge >= 0.3 is 0 Å². The number of hydrogen-bond donors (Lipinski definition) is 0. The number of rotatable bonds is 1. The number of pyridine rings is 1. The van der Waals surface area contributed by atoms with E-state index in [4.69, 9.17) is 4.99 Å². The van der Waals surface area contributed by atoms with Gasteiger partial charge in [-0.15, -0.1) is 0 Å². The number of Topliss-reactive ketones (excluding diaryl/α,β-unsaturated/α-hetero) is 1. The minimum atomic E-state index is -0.778. The Hall–Kier alpha value is -2.27. The van der Waals surface area contributed by atoms with Crippen LogP contribution in [0.1, 0.15) is 35.5 Å². The highest BCUT2D eigenvalue weighted by Crippen LogP contribution is 2.30. The van der Waals surface area contributed by atoms with Crippen LogP contribution in [-0.4, -0.2) is 26.4 Å². The molecule has 0 spiro atoms. The van der Waals surface area contributed by atoms with Crippen molar-refractivity contribution in [2.75, 3.05) is 0 Å². The highest BCUT2D eigenvalue weighted by Gasteiger charge is 2.36. The van der Waals surface area contributed by atoms with Gasteiger partial charge in [0.15, 0.2) is 11.4 Å². The Balaban J connectivity index is 2.04. The summed E-state index contributed by atoms with van der Waals surface area (Å²) >= 11 is 3.52. The standard InChI is InChI=1S/C18H14BrN3O/c1-18(2)16(23)12-7-4-3-6-11(12)15(21-18)14-10-20-17-13(19)8-5-9-22(14)17/h3-10H,1-2H3. The molecular weight excluding hydrogens is 354 g/mol. The van der Waals surface area contributed by atoms with Gasteiger partial charge < -0.3 is 0 Å². The van der Waals surface area contributed by atoms with E-state index in [1.165, 1.54) is 0 Å². The van der Waals surface area contributed by atoms with E-state index >= 15 is 0 Å². The number of aliphatic imine (C=N–C) groups is 1. The van der Waals surface area contributed by atoms with Gasteiger partial charge in [-0.3, -0.25) is 14.2 Å².